The molecule has 0 unspecified atom stereocenters. The molecule has 0 radical (unpaired) electrons. The van der Waals surface area contributed by atoms with Gasteiger partial charge in [-0.25, -0.2) is 9.59 Å². The van der Waals surface area contributed by atoms with Crippen LogP contribution in [0.3, 0.4) is 0 Å². The van der Waals surface area contributed by atoms with Gasteiger partial charge in [0, 0.05) is 0 Å². The first-order valence-electron chi connectivity index (χ1n) is 5.25. The molecule has 0 aliphatic carbocycles. The normalized spacial score (nSPS) is 8.95. The SMILES string of the molecule is COC(=O)c1ccc(C(=O)OC)cc1.c1cn[nH]n1. The van der Waals surface area contributed by atoms with Gasteiger partial charge in [0.05, 0.1) is 37.7 Å². The summed E-state index contributed by atoms with van der Waals surface area (Å²) in [5.74, 6) is -0.858. The van der Waals surface area contributed by atoms with Gasteiger partial charge in [-0.2, -0.15) is 15.4 Å². The van der Waals surface area contributed by atoms with E-state index < -0.39 is 11.9 Å². The Bertz CT molecular complexity index is 456. The fraction of sp³-hybridized carbons (Fsp3) is 0.167. The van der Waals surface area contributed by atoms with E-state index in [1.807, 2.05) is 0 Å². The number of esters is 2. The quantitative estimate of drug-likeness (QED) is 0.814. The summed E-state index contributed by atoms with van der Waals surface area (Å²) in [6, 6.07) is 6.05. The van der Waals surface area contributed by atoms with Gasteiger partial charge < -0.3 is 9.47 Å². The van der Waals surface area contributed by atoms with E-state index in [0.29, 0.717) is 11.1 Å². The number of nitrogens with one attached hydrogen (secondary N) is 1. The number of ether oxygens (including phenoxy) is 2. The summed E-state index contributed by atoms with van der Waals surface area (Å²) in [6.45, 7) is 0. The molecular formula is C12H13N3O4. The number of H-pyrrole nitrogens is 1. The van der Waals surface area contributed by atoms with Gasteiger partial charge in [0.2, 0.25) is 0 Å². The Balaban J connectivity index is 0.000000300. The van der Waals surface area contributed by atoms with Crippen LogP contribution in [0.25, 0.3) is 0 Å². The van der Waals surface area contributed by atoms with Crippen molar-refractivity contribution in [3.05, 3.63) is 47.8 Å². The molecule has 19 heavy (non-hydrogen) atoms. The molecule has 1 heterocycles. The number of carbonyl (C=O) groups is 2. The van der Waals surface area contributed by atoms with Crippen molar-refractivity contribution in [3.8, 4) is 0 Å². The molecule has 0 bridgehead atoms. The molecule has 2 rings (SSSR count). The average molecular weight is 263 g/mol. The van der Waals surface area contributed by atoms with Gasteiger partial charge in [0.25, 0.3) is 0 Å². The number of hydrogen-bond donors (Lipinski definition) is 1. The monoisotopic (exact) mass is 263 g/mol. The zero-order valence-electron chi connectivity index (χ0n) is 10.5. The number of nitrogens with zero attached hydrogens (tertiary/aromatic N) is 2. The van der Waals surface area contributed by atoms with Crippen LogP contribution in [-0.2, 0) is 9.47 Å². The zero-order chi connectivity index (χ0) is 14.1. The van der Waals surface area contributed by atoms with Gasteiger partial charge in [0.1, 0.15) is 0 Å². The minimum atomic E-state index is -0.429. The highest BCUT2D eigenvalue weighted by Crippen LogP contribution is 2.06. The van der Waals surface area contributed by atoms with Crippen LogP contribution in [0.2, 0.25) is 0 Å². The van der Waals surface area contributed by atoms with Crippen LogP contribution in [-0.4, -0.2) is 41.6 Å². The highest BCUT2D eigenvalue weighted by molar-refractivity contribution is 5.93. The molecule has 0 aliphatic rings. The van der Waals surface area contributed by atoms with Crippen LogP contribution in [0.1, 0.15) is 20.7 Å². The Morgan fingerprint density at radius 3 is 1.47 bits per heavy atom. The second-order valence-corrected chi connectivity index (χ2v) is 3.22. The van der Waals surface area contributed by atoms with Gasteiger partial charge in [-0.05, 0) is 24.3 Å². The first kappa shape index (κ1) is 14.4. The van der Waals surface area contributed by atoms with E-state index in [4.69, 9.17) is 0 Å². The summed E-state index contributed by atoms with van der Waals surface area (Å²) in [7, 11) is 2.60. The highest BCUT2D eigenvalue weighted by Gasteiger charge is 2.08. The molecule has 0 fully saturated rings. The fourth-order valence-corrected chi connectivity index (χ4v) is 1.14. The summed E-state index contributed by atoms with van der Waals surface area (Å²) >= 11 is 0. The van der Waals surface area contributed by atoms with Crippen molar-refractivity contribution in [1.82, 2.24) is 15.4 Å². The van der Waals surface area contributed by atoms with Crippen molar-refractivity contribution in [2.45, 2.75) is 0 Å². The Hall–Kier alpha value is -2.70. The maximum absolute atomic E-state index is 11.0. The number of benzene rings is 1. The number of rotatable bonds is 2. The van der Waals surface area contributed by atoms with Crippen molar-refractivity contribution < 1.29 is 19.1 Å². The molecule has 0 atom stereocenters. The third-order valence-corrected chi connectivity index (χ3v) is 2.06. The van der Waals surface area contributed by atoms with Gasteiger partial charge in [-0.1, -0.05) is 0 Å². The third kappa shape index (κ3) is 4.58. The number of carbonyl (C=O) groups excluding carboxylic acids is 2. The van der Waals surface area contributed by atoms with E-state index in [0.717, 1.165) is 0 Å². The largest absolute Gasteiger partial charge is 0.465 e. The van der Waals surface area contributed by atoms with Gasteiger partial charge in [-0.3, -0.25) is 0 Å². The second kappa shape index (κ2) is 7.59. The topological polar surface area (TPSA) is 94.2 Å². The van der Waals surface area contributed by atoms with Crippen molar-refractivity contribution in [3.63, 3.8) is 0 Å². The van der Waals surface area contributed by atoms with E-state index in [-0.39, 0.29) is 0 Å². The van der Waals surface area contributed by atoms with Gasteiger partial charge >= 0.3 is 11.9 Å². The maximum atomic E-state index is 11.0. The van der Waals surface area contributed by atoms with Crippen molar-refractivity contribution in [2.75, 3.05) is 14.2 Å². The van der Waals surface area contributed by atoms with Crippen molar-refractivity contribution in [1.29, 1.82) is 0 Å². The summed E-state index contributed by atoms with van der Waals surface area (Å²) in [6.07, 6.45) is 3.17. The lowest BCUT2D eigenvalue weighted by molar-refractivity contribution is 0.0586. The molecule has 0 saturated heterocycles. The smallest absolute Gasteiger partial charge is 0.337 e. The summed E-state index contributed by atoms with van der Waals surface area (Å²) in [5, 5.41) is 9.33. The molecule has 100 valence electrons. The molecule has 2 aromatic rings. The van der Waals surface area contributed by atoms with Crippen LogP contribution in [0.15, 0.2) is 36.7 Å². The molecule has 7 nitrogen and oxygen atoms in total. The molecule has 7 heteroatoms. The maximum Gasteiger partial charge on any atom is 0.337 e. The number of hydrogen-bond acceptors (Lipinski definition) is 6. The molecule has 0 spiro atoms. The standard InChI is InChI=1S/C10H10O4.C2H3N3/c1-13-9(11)7-3-5-8(6-4-7)10(12)14-2;1-2-4-5-3-1/h3-6H,1-2H3;1-2H,(H,3,4,5). The van der Waals surface area contributed by atoms with Gasteiger partial charge in [-0.15, -0.1) is 0 Å². The van der Waals surface area contributed by atoms with Crippen LogP contribution in [0.4, 0.5) is 0 Å². The second-order valence-electron chi connectivity index (χ2n) is 3.22. The predicted molar refractivity (Wildman–Crippen MR) is 65.5 cm³/mol. The minimum absolute atomic E-state index is 0.403. The summed E-state index contributed by atoms with van der Waals surface area (Å²) in [5.41, 5.74) is 0.806. The minimum Gasteiger partial charge on any atom is -0.465 e. The lowest BCUT2D eigenvalue weighted by atomic mass is 10.1. The molecule has 1 N–H and O–H groups in total. The lowest BCUT2D eigenvalue weighted by Gasteiger charge is -2.00. The fourth-order valence-electron chi connectivity index (χ4n) is 1.14. The molecule has 1 aromatic carbocycles. The van der Waals surface area contributed by atoms with E-state index in [9.17, 15) is 9.59 Å². The van der Waals surface area contributed by atoms with E-state index in [1.54, 1.807) is 12.4 Å². The molecular weight excluding hydrogens is 250 g/mol. The highest BCUT2D eigenvalue weighted by atomic mass is 16.5. The van der Waals surface area contributed by atoms with Crippen LogP contribution < -0.4 is 0 Å². The number of aromatic amines is 1. The Morgan fingerprint density at radius 2 is 1.26 bits per heavy atom. The summed E-state index contributed by atoms with van der Waals surface area (Å²) < 4.78 is 9.02. The molecule has 0 amide bonds. The predicted octanol–water partition coefficient (Wildman–Crippen LogP) is 1.06. The number of aromatic nitrogens is 3. The van der Waals surface area contributed by atoms with Crippen LogP contribution in [0, 0.1) is 0 Å². The summed E-state index contributed by atoms with van der Waals surface area (Å²) in [4.78, 5) is 22.1. The van der Waals surface area contributed by atoms with Gasteiger partial charge in [0.15, 0.2) is 0 Å². The first-order valence-corrected chi connectivity index (χ1v) is 5.25. The van der Waals surface area contributed by atoms with Crippen LogP contribution >= 0.6 is 0 Å². The zero-order valence-corrected chi connectivity index (χ0v) is 10.5. The van der Waals surface area contributed by atoms with E-state index >= 15 is 0 Å². The number of methoxy groups -OCH3 is 2. The van der Waals surface area contributed by atoms with E-state index in [2.05, 4.69) is 24.9 Å². The third-order valence-electron chi connectivity index (χ3n) is 2.06. The molecule has 0 aliphatic heterocycles. The van der Waals surface area contributed by atoms with Crippen molar-refractivity contribution in [2.24, 2.45) is 0 Å². The van der Waals surface area contributed by atoms with Crippen LogP contribution in [0.5, 0.6) is 0 Å². The van der Waals surface area contributed by atoms with E-state index in [1.165, 1.54) is 38.5 Å². The Morgan fingerprint density at radius 1 is 0.895 bits per heavy atom. The first-order chi connectivity index (χ1) is 9.19. The Kier molecular flexibility index (Phi) is 5.74. The lowest BCUT2D eigenvalue weighted by Crippen LogP contribution is -2.04. The Labute approximate surface area is 109 Å². The van der Waals surface area contributed by atoms with Crippen molar-refractivity contribution >= 4 is 11.9 Å². The molecule has 1 aromatic heterocycles. The molecule has 0 saturated carbocycles. The average Bonchev–Trinajstić information content (AvgIpc) is 3.05.